The smallest absolute Gasteiger partial charge is 0.255 e. The predicted octanol–water partition coefficient (Wildman–Crippen LogP) is 3.19. The standard InChI is InChI=1S/C16H19F2N3/c1-21(10-15(17)18)16-12(9-19-13-6-7-13)8-11-4-2-3-5-14(11)20-16/h2-5,8,13,15,19H,6-7,9-10H2,1H3. The van der Waals surface area contributed by atoms with E-state index in [1.807, 2.05) is 24.3 Å². The largest absolute Gasteiger partial charge is 0.354 e. The number of alkyl halides is 2. The van der Waals surface area contributed by atoms with Gasteiger partial charge in [0.05, 0.1) is 12.1 Å². The monoisotopic (exact) mass is 291 g/mol. The van der Waals surface area contributed by atoms with Gasteiger partial charge in [0.15, 0.2) is 0 Å². The van der Waals surface area contributed by atoms with Gasteiger partial charge in [0.25, 0.3) is 6.43 Å². The molecule has 0 saturated heterocycles. The lowest BCUT2D eigenvalue weighted by Crippen LogP contribution is -2.27. The van der Waals surface area contributed by atoms with Crippen LogP contribution >= 0.6 is 0 Å². The Hall–Kier alpha value is -1.75. The number of rotatable bonds is 6. The number of aromatic nitrogens is 1. The van der Waals surface area contributed by atoms with Gasteiger partial charge < -0.3 is 10.2 Å². The highest BCUT2D eigenvalue weighted by Crippen LogP contribution is 2.25. The molecule has 5 heteroatoms. The average Bonchev–Trinajstić information content (AvgIpc) is 3.27. The Labute approximate surface area is 123 Å². The lowest BCUT2D eigenvalue weighted by molar-refractivity contribution is 0.156. The Morgan fingerprint density at radius 3 is 2.81 bits per heavy atom. The topological polar surface area (TPSA) is 28.2 Å². The number of halogens is 2. The van der Waals surface area contributed by atoms with E-state index in [2.05, 4.69) is 16.4 Å². The van der Waals surface area contributed by atoms with Crippen molar-refractivity contribution in [3.63, 3.8) is 0 Å². The van der Waals surface area contributed by atoms with Gasteiger partial charge in [0.2, 0.25) is 0 Å². The zero-order chi connectivity index (χ0) is 14.8. The van der Waals surface area contributed by atoms with Crippen LogP contribution in [-0.2, 0) is 6.54 Å². The fraction of sp³-hybridized carbons (Fsp3) is 0.438. The Morgan fingerprint density at radius 1 is 1.33 bits per heavy atom. The molecule has 1 aliphatic carbocycles. The summed E-state index contributed by atoms with van der Waals surface area (Å²) in [6.07, 6.45) is 0.0272. The number of nitrogens with zero attached hydrogens (tertiary/aromatic N) is 2. The van der Waals surface area contributed by atoms with Crippen molar-refractivity contribution >= 4 is 16.7 Å². The van der Waals surface area contributed by atoms with E-state index in [0.717, 1.165) is 16.5 Å². The van der Waals surface area contributed by atoms with E-state index in [0.29, 0.717) is 18.4 Å². The maximum Gasteiger partial charge on any atom is 0.255 e. The van der Waals surface area contributed by atoms with E-state index >= 15 is 0 Å². The van der Waals surface area contributed by atoms with Crippen LogP contribution in [-0.4, -0.2) is 31.0 Å². The third-order valence-electron chi connectivity index (χ3n) is 3.71. The van der Waals surface area contributed by atoms with E-state index in [1.54, 1.807) is 11.9 Å². The Bertz CT molecular complexity index is 626. The summed E-state index contributed by atoms with van der Waals surface area (Å²) in [4.78, 5) is 6.12. The molecule has 3 nitrogen and oxygen atoms in total. The molecule has 1 saturated carbocycles. The molecule has 0 bridgehead atoms. The third kappa shape index (κ3) is 3.47. The summed E-state index contributed by atoms with van der Waals surface area (Å²) in [5.41, 5.74) is 1.81. The Morgan fingerprint density at radius 2 is 2.10 bits per heavy atom. The molecular weight excluding hydrogens is 272 g/mol. The normalized spacial score (nSPS) is 14.9. The van der Waals surface area contributed by atoms with Crippen LogP contribution in [0.1, 0.15) is 18.4 Å². The molecule has 3 rings (SSSR count). The van der Waals surface area contributed by atoms with Gasteiger partial charge >= 0.3 is 0 Å². The first-order valence-corrected chi connectivity index (χ1v) is 7.25. The number of fused-ring (bicyclic) bond motifs is 1. The van der Waals surface area contributed by atoms with Crippen LogP contribution in [0.5, 0.6) is 0 Å². The van der Waals surface area contributed by atoms with E-state index in [4.69, 9.17) is 0 Å². The number of benzene rings is 1. The SMILES string of the molecule is CN(CC(F)F)c1nc2ccccc2cc1CNC1CC1. The molecule has 1 aliphatic rings. The van der Waals surface area contributed by atoms with Gasteiger partial charge in [-0.2, -0.15) is 0 Å². The van der Waals surface area contributed by atoms with Crippen LogP contribution in [0.15, 0.2) is 30.3 Å². The van der Waals surface area contributed by atoms with Crippen LogP contribution in [0.4, 0.5) is 14.6 Å². The minimum absolute atomic E-state index is 0.304. The van der Waals surface area contributed by atoms with Crippen LogP contribution in [0.3, 0.4) is 0 Å². The van der Waals surface area contributed by atoms with Gasteiger partial charge in [0, 0.05) is 30.6 Å². The number of anilines is 1. The van der Waals surface area contributed by atoms with Gasteiger partial charge in [0.1, 0.15) is 5.82 Å². The molecule has 0 unspecified atom stereocenters. The first kappa shape index (κ1) is 14.2. The Balaban J connectivity index is 1.93. The molecule has 0 amide bonds. The molecule has 2 aromatic rings. The van der Waals surface area contributed by atoms with E-state index in [1.165, 1.54) is 12.8 Å². The number of pyridine rings is 1. The van der Waals surface area contributed by atoms with Crippen molar-refractivity contribution in [2.24, 2.45) is 0 Å². The van der Waals surface area contributed by atoms with Gasteiger partial charge in [-0.15, -0.1) is 0 Å². The molecule has 112 valence electrons. The van der Waals surface area contributed by atoms with Gasteiger partial charge in [-0.05, 0) is 25.0 Å². The lowest BCUT2D eigenvalue weighted by atomic mass is 10.1. The highest BCUT2D eigenvalue weighted by atomic mass is 19.3. The molecule has 1 N–H and O–H groups in total. The summed E-state index contributed by atoms with van der Waals surface area (Å²) >= 11 is 0. The first-order chi connectivity index (χ1) is 10.1. The molecule has 1 fully saturated rings. The summed E-state index contributed by atoms with van der Waals surface area (Å²) in [6.45, 7) is 0.368. The third-order valence-corrected chi connectivity index (χ3v) is 3.71. The van der Waals surface area contributed by atoms with Crippen LogP contribution in [0, 0.1) is 0 Å². The van der Waals surface area contributed by atoms with Gasteiger partial charge in [-0.25, -0.2) is 13.8 Å². The second-order valence-corrected chi connectivity index (χ2v) is 5.59. The number of hydrogen-bond acceptors (Lipinski definition) is 3. The summed E-state index contributed by atoms with van der Waals surface area (Å²) in [5.74, 6) is 0.641. The van der Waals surface area contributed by atoms with E-state index < -0.39 is 6.43 Å². The van der Waals surface area contributed by atoms with Crippen LogP contribution in [0.25, 0.3) is 10.9 Å². The summed E-state index contributed by atoms with van der Waals surface area (Å²) < 4.78 is 25.3. The van der Waals surface area contributed by atoms with Crippen molar-refractivity contribution in [2.75, 3.05) is 18.5 Å². The minimum atomic E-state index is -2.37. The van der Waals surface area contributed by atoms with Crippen LogP contribution in [0.2, 0.25) is 0 Å². The van der Waals surface area contributed by atoms with E-state index in [9.17, 15) is 8.78 Å². The number of hydrogen-bond donors (Lipinski definition) is 1. The highest BCUT2D eigenvalue weighted by molar-refractivity contribution is 5.81. The molecule has 0 atom stereocenters. The van der Waals surface area contributed by atoms with Crippen molar-refractivity contribution in [1.29, 1.82) is 0 Å². The summed E-state index contributed by atoms with van der Waals surface area (Å²) in [5, 5.41) is 4.47. The molecule has 1 aromatic carbocycles. The molecular formula is C16H19F2N3. The predicted molar refractivity (Wildman–Crippen MR) is 80.9 cm³/mol. The fourth-order valence-corrected chi connectivity index (χ4v) is 2.45. The van der Waals surface area contributed by atoms with E-state index in [-0.39, 0.29) is 6.54 Å². The Kier molecular flexibility index (Phi) is 4.01. The van der Waals surface area contributed by atoms with Crippen molar-refractivity contribution in [2.45, 2.75) is 31.9 Å². The first-order valence-electron chi connectivity index (χ1n) is 7.25. The molecule has 1 aromatic heterocycles. The minimum Gasteiger partial charge on any atom is -0.354 e. The van der Waals surface area contributed by atoms with Gasteiger partial charge in [-0.3, -0.25) is 0 Å². The van der Waals surface area contributed by atoms with Crippen molar-refractivity contribution in [3.05, 3.63) is 35.9 Å². The molecule has 0 aliphatic heterocycles. The highest BCUT2D eigenvalue weighted by Gasteiger charge is 2.22. The molecule has 1 heterocycles. The van der Waals surface area contributed by atoms with Gasteiger partial charge in [-0.1, -0.05) is 18.2 Å². The van der Waals surface area contributed by atoms with Crippen LogP contribution < -0.4 is 10.2 Å². The van der Waals surface area contributed by atoms with Crippen molar-refractivity contribution in [1.82, 2.24) is 10.3 Å². The zero-order valence-electron chi connectivity index (χ0n) is 12.0. The fourth-order valence-electron chi connectivity index (χ4n) is 2.45. The van der Waals surface area contributed by atoms with Crippen molar-refractivity contribution < 1.29 is 8.78 Å². The quantitative estimate of drug-likeness (QED) is 0.886. The molecule has 21 heavy (non-hydrogen) atoms. The molecule has 0 spiro atoms. The average molecular weight is 291 g/mol. The maximum absolute atomic E-state index is 12.7. The number of nitrogens with one attached hydrogen (secondary N) is 1. The molecule has 0 radical (unpaired) electrons. The van der Waals surface area contributed by atoms with Crippen molar-refractivity contribution in [3.8, 4) is 0 Å². The zero-order valence-corrected chi connectivity index (χ0v) is 12.0. The lowest BCUT2D eigenvalue weighted by Gasteiger charge is -2.21. The second-order valence-electron chi connectivity index (χ2n) is 5.59. The maximum atomic E-state index is 12.7. The summed E-state index contributed by atoms with van der Waals surface area (Å²) in [6, 6.07) is 10.4. The number of para-hydroxylation sites is 1. The summed E-state index contributed by atoms with van der Waals surface area (Å²) in [7, 11) is 1.67. The second kappa shape index (κ2) is 5.93.